The van der Waals surface area contributed by atoms with E-state index in [0.29, 0.717) is 71.4 Å². The monoisotopic (exact) mass is 473 g/mol. The molecule has 0 unspecified atom stereocenters. The molecule has 0 bridgehead atoms. The van der Waals surface area contributed by atoms with Crippen molar-refractivity contribution in [3.05, 3.63) is 71.8 Å². The molecule has 178 valence electrons. The number of ether oxygens (including phenoxy) is 2. The number of aromatic nitrogens is 3. The molecule has 1 amide bonds. The van der Waals surface area contributed by atoms with Crippen molar-refractivity contribution in [2.24, 2.45) is 0 Å². The fraction of sp³-hybridized carbons (Fsp3) is 0.231. The summed E-state index contributed by atoms with van der Waals surface area (Å²) in [5.41, 5.74) is 2.90. The molecule has 1 aliphatic heterocycles. The first-order chi connectivity index (χ1) is 17.0. The van der Waals surface area contributed by atoms with Gasteiger partial charge >= 0.3 is 0 Å². The van der Waals surface area contributed by atoms with Gasteiger partial charge in [0, 0.05) is 42.1 Å². The van der Waals surface area contributed by atoms with E-state index in [9.17, 15) is 9.18 Å². The van der Waals surface area contributed by atoms with Crippen molar-refractivity contribution < 1.29 is 18.7 Å². The topological polar surface area (TPSA) is 89.5 Å². The highest BCUT2D eigenvalue weighted by Crippen LogP contribution is 2.33. The molecule has 9 heteroatoms. The third-order valence-corrected chi connectivity index (χ3v) is 5.89. The molecule has 2 aromatic heterocycles. The van der Waals surface area contributed by atoms with Gasteiger partial charge in [-0.25, -0.2) is 14.4 Å². The van der Waals surface area contributed by atoms with E-state index in [2.05, 4.69) is 10.3 Å². The molecule has 1 fully saturated rings. The summed E-state index contributed by atoms with van der Waals surface area (Å²) < 4.78 is 24.8. The molecule has 0 radical (unpaired) electrons. The fourth-order valence-electron chi connectivity index (χ4n) is 4.01. The van der Waals surface area contributed by atoms with Gasteiger partial charge < -0.3 is 19.7 Å². The summed E-state index contributed by atoms with van der Waals surface area (Å²) in [6, 6.07) is 11.9. The molecule has 1 saturated heterocycles. The zero-order valence-corrected chi connectivity index (χ0v) is 19.4. The minimum absolute atomic E-state index is 0.141. The summed E-state index contributed by atoms with van der Waals surface area (Å²) in [6.45, 7) is 3.73. The number of fused-ring (bicyclic) bond motifs is 1. The summed E-state index contributed by atoms with van der Waals surface area (Å²) in [7, 11) is 1.53. The smallest absolute Gasteiger partial charge is 0.257 e. The molecular formula is C26H24FN5O3. The number of benzene rings is 2. The number of aryl methyl sites for hydroxylation is 1. The average molecular weight is 474 g/mol. The molecule has 0 spiro atoms. The van der Waals surface area contributed by atoms with E-state index < -0.39 is 0 Å². The van der Waals surface area contributed by atoms with Gasteiger partial charge in [0.05, 0.1) is 31.4 Å². The number of nitrogens with one attached hydrogen (secondary N) is 1. The largest absolute Gasteiger partial charge is 0.496 e. The van der Waals surface area contributed by atoms with E-state index in [1.54, 1.807) is 54.5 Å². The average Bonchev–Trinajstić information content (AvgIpc) is 2.90. The van der Waals surface area contributed by atoms with Crippen molar-refractivity contribution in [3.63, 3.8) is 0 Å². The molecule has 0 saturated carbocycles. The van der Waals surface area contributed by atoms with Crippen LogP contribution in [0.1, 0.15) is 15.9 Å². The van der Waals surface area contributed by atoms with E-state index in [0.717, 1.165) is 5.56 Å². The number of rotatable bonds is 5. The number of methoxy groups -OCH3 is 1. The number of pyridine rings is 1. The molecule has 5 rings (SSSR count). The van der Waals surface area contributed by atoms with E-state index in [4.69, 9.17) is 19.4 Å². The lowest BCUT2D eigenvalue weighted by molar-refractivity contribution is 0.0301. The van der Waals surface area contributed by atoms with Crippen LogP contribution in [0.5, 0.6) is 5.75 Å². The maximum absolute atomic E-state index is 13.8. The number of morpholine rings is 1. The normalized spacial score (nSPS) is 13.6. The number of anilines is 2. The molecule has 0 aliphatic carbocycles. The first-order valence-electron chi connectivity index (χ1n) is 11.2. The van der Waals surface area contributed by atoms with Crippen molar-refractivity contribution in [2.75, 3.05) is 38.7 Å². The molecule has 0 atom stereocenters. The highest BCUT2D eigenvalue weighted by atomic mass is 19.1. The molecule has 1 N–H and O–H groups in total. The van der Waals surface area contributed by atoms with Gasteiger partial charge in [0.15, 0.2) is 5.82 Å². The van der Waals surface area contributed by atoms with Crippen LogP contribution in [0.4, 0.5) is 15.9 Å². The van der Waals surface area contributed by atoms with Crippen LogP contribution in [0.3, 0.4) is 0 Å². The van der Waals surface area contributed by atoms with Crippen LogP contribution in [0.2, 0.25) is 0 Å². The quantitative estimate of drug-likeness (QED) is 0.461. The van der Waals surface area contributed by atoms with Gasteiger partial charge in [0.25, 0.3) is 5.91 Å². The minimum Gasteiger partial charge on any atom is -0.496 e. The highest BCUT2D eigenvalue weighted by Gasteiger charge is 2.24. The van der Waals surface area contributed by atoms with Crippen molar-refractivity contribution in [3.8, 4) is 17.1 Å². The van der Waals surface area contributed by atoms with Crippen LogP contribution < -0.4 is 10.1 Å². The van der Waals surface area contributed by atoms with Crippen molar-refractivity contribution in [1.29, 1.82) is 0 Å². The number of halogens is 1. The van der Waals surface area contributed by atoms with Crippen molar-refractivity contribution in [2.45, 2.75) is 6.92 Å². The fourth-order valence-corrected chi connectivity index (χ4v) is 4.01. The zero-order valence-electron chi connectivity index (χ0n) is 19.4. The van der Waals surface area contributed by atoms with E-state index in [1.807, 2.05) is 6.07 Å². The Morgan fingerprint density at radius 1 is 1.14 bits per heavy atom. The van der Waals surface area contributed by atoms with Crippen molar-refractivity contribution >= 4 is 28.3 Å². The molecule has 3 heterocycles. The maximum atomic E-state index is 13.8. The Morgan fingerprint density at radius 2 is 1.97 bits per heavy atom. The van der Waals surface area contributed by atoms with Gasteiger partial charge in [-0.2, -0.15) is 0 Å². The van der Waals surface area contributed by atoms with Crippen LogP contribution in [0.15, 0.2) is 54.9 Å². The lowest BCUT2D eigenvalue weighted by atomic mass is 10.1. The number of carbonyl (C=O) groups excluding carboxylic acids is 1. The van der Waals surface area contributed by atoms with Crippen LogP contribution in [-0.4, -0.2) is 59.2 Å². The van der Waals surface area contributed by atoms with Gasteiger partial charge in [-0.1, -0.05) is 0 Å². The Morgan fingerprint density at radius 3 is 2.69 bits per heavy atom. The Balaban J connectivity index is 1.66. The van der Waals surface area contributed by atoms with Gasteiger partial charge in [-0.3, -0.25) is 9.78 Å². The Bertz CT molecular complexity index is 1390. The molecule has 1 aliphatic rings. The van der Waals surface area contributed by atoms with Crippen LogP contribution >= 0.6 is 0 Å². The van der Waals surface area contributed by atoms with Crippen molar-refractivity contribution in [1.82, 2.24) is 19.9 Å². The number of carbonyl (C=O) groups is 1. The second-order valence-corrected chi connectivity index (χ2v) is 8.20. The van der Waals surface area contributed by atoms with E-state index >= 15 is 0 Å². The van der Waals surface area contributed by atoms with E-state index in [1.165, 1.54) is 13.2 Å². The third-order valence-electron chi connectivity index (χ3n) is 5.89. The molecule has 8 nitrogen and oxygen atoms in total. The first kappa shape index (κ1) is 22.7. The second-order valence-electron chi connectivity index (χ2n) is 8.20. The lowest BCUT2D eigenvalue weighted by Gasteiger charge is -2.27. The SMILES string of the molecule is COc1cc2c(Nc3ccc(F)c(C)c3)nc(-c3cccnc3)nc2cc1C(=O)N1CCOCC1. The van der Waals surface area contributed by atoms with Gasteiger partial charge in [-0.05, 0) is 55.0 Å². The summed E-state index contributed by atoms with van der Waals surface area (Å²) in [4.78, 5) is 28.7. The summed E-state index contributed by atoms with van der Waals surface area (Å²) in [5, 5.41) is 3.94. The zero-order chi connectivity index (χ0) is 24.4. The predicted molar refractivity (Wildman–Crippen MR) is 130 cm³/mol. The summed E-state index contributed by atoms with van der Waals surface area (Å²) in [5.74, 6) is 0.944. The number of hydrogen-bond donors (Lipinski definition) is 1. The van der Waals surface area contributed by atoms with Gasteiger partial charge in [-0.15, -0.1) is 0 Å². The van der Waals surface area contributed by atoms with Crippen LogP contribution in [0.25, 0.3) is 22.3 Å². The maximum Gasteiger partial charge on any atom is 0.257 e. The van der Waals surface area contributed by atoms with Crippen LogP contribution in [-0.2, 0) is 4.74 Å². The van der Waals surface area contributed by atoms with Gasteiger partial charge in [0.1, 0.15) is 17.4 Å². The number of nitrogens with zero attached hydrogens (tertiary/aromatic N) is 4. The summed E-state index contributed by atoms with van der Waals surface area (Å²) in [6.07, 6.45) is 3.35. The lowest BCUT2D eigenvalue weighted by Crippen LogP contribution is -2.40. The Kier molecular flexibility index (Phi) is 6.24. The molecule has 4 aromatic rings. The molecular weight excluding hydrogens is 449 g/mol. The predicted octanol–water partition coefficient (Wildman–Crippen LogP) is 4.36. The minimum atomic E-state index is -0.285. The second kappa shape index (κ2) is 9.63. The Labute approximate surface area is 201 Å². The third kappa shape index (κ3) is 4.63. The highest BCUT2D eigenvalue weighted by molar-refractivity contribution is 6.03. The first-order valence-corrected chi connectivity index (χ1v) is 11.2. The molecule has 35 heavy (non-hydrogen) atoms. The van der Waals surface area contributed by atoms with Gasteiger partial charge in [0.2, 0.25) is 0 Å². The Hall–Kier alpha value is -4.11. The standard InChI is InChI=1S/C26H24FN5O3/c1-16-12-18(5-6-21(16)27)29-25-19-14-23(34-2)20(26(33)32-8-10-35-11-9-32)13-22(19)30-24(31-25)17-4-3-7-28-15-17/h3-7,12-15H,8-11H2,1-2H3,(H,29,30,31). The van der Waals surface area contributed by atoms with Crippen LogP contribution in [0, 0.1) is 12.7 Å². The number of hydrogen-bond acceptors (Lipinski definition) is 7. The van der Waals surface area contributed by atoms with E-state index in [-0.39, 0.29) is 11.7 Å². The number of amides is 1. The molecule has 2 aromatic carbocycles. The summed E-state index contributed by atoms with van der Waals surface area (Å²) >= 11 is 0.